The highest BCUT2D eigenvalue weighted by Gasteiger charge is 2.30. The number of nitrogens with two attached hydrogens (primary N) is 1. The Morgan fingerprint density at radius 2 is 2.53 bits per heavy atom. The molecule has 1 atom stereocenters. The highest BCUT2D eigenvalue weighted by Crippen LogP contribution is 2.27. The van der Waals surface area contributed by atoms with Crippen molar-refractivity contribution in [2.45, 2.75) is 13.0 Å². The molecule has 0 aromatic carbocycles. The van der Waals surface area contributed by atoms with Crippen molar-refractivity contribution in [2.75, 3.05) is 19.6 Å². The first-order chi connectivity index (χ1) is 7.22. The number of nitrogens with zero attached hydrogens (tertiary/aromatic N) is 1. The molecule has 1 aromatic rings. The third-order valence-corrected chi connectivity index (χ3v) is 3.74. The zero-order chi connectivity index (χ0) is 10.8. The normalized spacial score (nSPS) is 20.8. The summed E-state index contributed by atoms with van der Waals surface area (Å²) in [5.74, 6) is 0. The van der Waals surface area contributed by atoms with E-state index in [-0.39, 0.29) is 12.1 Å². The topological polar surface area (TPSA) is 58.4 Å². The molecule has 0 aliphatic carbocycles. The van der Waals surface area contributed by atoms with E-state index in [1.165, 1.54) is 10.4 Å². The Bertz CT molecular complexity index is 363. The first-order valence-electron chi connectivity index (χ1n) is 5.02. The number of amides is 2. The lowest BCUT2D eigenvalue weighted by molar-refractivity contribution is 0.218. The summed E-state index contributed by atoms with van der Waals surface area (Å²) in [5.41, 5.74) is 6.70. The number of carbonyl (C=O) groups excluding carboxylic acids is 1. The molecule has 2 heterocycles. The number of carbonyl (C=O) groups is 1. The lowest BCUT2D eigenvalue weighted by atomic mass is 10.2. The lowest BCUT2D eigenvalue weighted by Gasteiger charge is -2.12. The quantitative estimate of drug-likeness (QED) is 0.808. The van der Waals surface area contributed by atoms with Gasteiger partial charge in [-0.25, -0.2) is 4.79 Å². The van der Waals surface area contributed by atoms with E-state index in [9.17, 15) is 4.79 Å². The van der Waals surface area contributed by atoms with E-state index in [1.807, 2.05) is 0 Å². The van der Waals surface area contributed by atoms with Crippen molar-refractivity contribution in [1.82, 2.24) is 10.2 Å². The molecule has 0 radical (unpaired) electrons. The Morgan fingerprint density at radius 1 is 1.73 bits per heavy atom. The molecular weight excluding hydrogens is 210 g/mol. The van der Waals surface area contributed by atoms with Crippen LogP contribution < -0.4 is 11.1 Å². The molecule has 1 aliphatic rings. The molecule has 2 amide bonds. The van der Waals surface area contributed by atoms with Gasteiger partial charge in [0.15, 0.2) is 0 Å². The summed E-state index contributed by atoms with van der Waals surface area (Å²) in [7, 11) is 0. The van der Waals surface area contributed by atoms with Crippen LogP contribution in [0.1, 0.15) is 16.5 Å². The van der Waals surface area contributed by atoms with Crippen LogP contribution in [0.2, 0.25) is 0 Å². The van der Waals surface area contributed by atoms with Gasteiger partial charge in [0.05, 0.1) is 6.04 Å². The third kappa shape index (κ3) is 1.98. The summed E-state index contributed by atoms with van der Waals surface area (Å²) < 4.78 is 0. The van der Waals surface area contributed by atoms with E-state index in [2.05, 4.69) is 23.7 Å². The van der Waals surface area contributed by atoms with Crippen LogP contribution in [0.3, 0.4) is 0 Å². The molecule has 82 valence electrons. The van der Waals surface area contributed by atoms with Gasteiger partial charge in [0.2, 0.25) is 0 Å². The number of hydrogen-bond acceptors (Lipinski definition) is 3. The maximum atomic E-state index is 11.5. The summed E-state index contributed by atoms with van der Waals surface area (Å²) in [4.78, 5) is 14.6. The van der Waals surface area contributed by atoms with E-state index in [1.54, 1.807) is 16.2 Å². The average Bonchev–Trinajstić information content (AvgIpc) is 2.75. The molecule has 1 aromatic heterocycles. The largest absolute Gasteiger partial charge is 0.329 e. The molecule has 0 spiro atoms. The van der Waals surface area contributed by atoms with Crippen LogP contribution in [0.25, 0.3) is 0 Å². The van der Waals surface area contributed by atoms with Gasteiger partial charge < -0.3 is 16.0 Å². The van der Waals surface area contributed by atoms with Crippen molar-refractivity contribution >= 4 is 17.4 Å². The van der Waals surface area contributed by atoms with Crippen LogP contribution in [0.4, 0.5) is 4.79 Å². The standard InChI is InChI=1S/C10H15N3OS/c1-7-2-5-15-9(7)8-6-13(4-3-11)10(14)12-8/h2,5,8H,3-4,6,11H2,1H3,(H,12,14). The van der Waals surface area contributed by atoms with E-state index in [4.69, 9.17) is 5.73 Å². The fourth-order valence-corrected chi connectivity index (χ4v) is 2.80. The number of rotatable bonds is 3. The summed E-state index contributed by atoms with van der Waals surface area (Å²) in [5, 5.41) is 5.03. The minimum atomic E-state index is -0.00162. The second-order valence-electron chi connectivity index (χ2n) is 3.70. The Balaban J connectivity index is 2.09. The molecule has 4 nitrogen and oxygen atoms in total. The summed E-state index contributed by atoms with van der Waals surface area (Å²) in [6.07, 6.45) is 0. The van der Waals surface area contributed by atoms with Crippen molar-refractivity contribution < 1.29 is 4.79 Å². The number of aryl methyl sites for hydroxylation is 1. The minimum absolute atomic E-state index is 0.00162. The zero-order valence-corrected chi connectivity index (χ0v) is 9.51. The lowest BCUT2D eigenvalue weighted by Crippen LogP contribution is -2.32. The van der Waals surface area contributed by atoms with Gasteiger partial charge in [-0.05, 0) is 23.9 Å². The molecule has 5 heteroatoms. The number of nitrogens with one attached hydrogen (secondary N) is 1. The molecule has 15 heavy (non-hydrogen) atoms. The number of thiophene rings is 1. The van der Waals surface area contributed by atoms with Crippen molar-refractivity contribution in [2.24, 2.45) is 5.73 Å². The Labute approximate surface area is 93.1 Å². The van der Waals surface area contributed by atoms with E-state index in [0.29, 0.717) is 13.1 Å². The summed E-state index contributed by atoms with van der Waals surface area (Å²) in [6, 6.07) is 2.22. The van der Waals surface area contributed by atoms with Crippen LogP contribution in [0, 0.1) is 6.92 Å². The van der Waals surface area contributed by atoms with Crippen LogP contribution in [-0.2, 0) is 0 Å². The molecular formula is C10H15N3OS. The summed E-state index contributed by atoms with van der Waals surface area (Å²) in [6.45, 7) is 3.96. The number of hydrogen-bond donors (Lipinski definition) is 2. The Morgan fingerprint density at radius 3 is 3.13 bits per heavy atom. The smallest absolute Gasteiger partial charge is 0.318 e. The van der Waals surface area contributed by atoms with Crippen LogP contribution in [0.15, 0.2) is 11.4 Å². The zero-order valence-electron chi connectivity index (χ0n) is 8.69. The van der Waals surface area contributed by atoms with E-state index < -0.39 is 0 Å². The van der Waals surface area contributed by atoms with Gasteiger partial charge in [0, 0.05) is 24.5 Å². The van der Waals surface area contributed by atoms with Gasteiger partial charge in [-0.2, -0.15) is 0 Å². The molecule has 0 bridgehead atoms. The first-order valence-corrected chi connectivity index (χ1v) is 5.90. The second-order valence-corrected chi connectivity index (χ2v) is 4.65. The average molecular weight is 225 g/mol. The fourth-order valence-electron chi connectivity index (χ4n) is 1.83. The van der Waals surface area contributed by atoms with Crippen molar-refractivity contribution in [3.63, 3.8) is 0 Å². The van der Waals surface area contributed by atoms with Crippen LogP contribution in [0.5, 0.6) is 0 Å². The van der Waals surface area contributed by atoms with Gasteiger partial charge in [-0.3, -0.25) is 0 Å². The van der Waals surface area contributed by atoms with Crippen LogP contribution in [-0.4, -0.2) is 30.6 Å². The van der Waals surface area contributed by atoms with Gasteiger partial charge in [0.1, 0.15) is 0 Å². The molecule has 1 saturated heterocycles. The molecule has 1 fully saturated rings. The minimum Gasteiger partial charge on any atom is -0.329 e. The molecule has 2 rings (SSSR count). The Kier molecular flexibility index (Phi) is 2.93. The van der Waals surface area contributed by atoms with Gasteiger partial charge >= 0.3 is 6.03 Å². The highest BCUT2D eigenvalue weighted by molar-refractivity contribution is 7.10. The predicted octanol–water partition coefficient (Wildman–Crippen LogP) is 1.08. The fraction of sp³-hybridized carbons (Fsp3) is 0.500. The third-order valence-electron chi connectivity index (χ3n) is 2.61. The van der Waals surface area contributed by atoms with Crippen LogP contribution >= 0.6 is 11.3 Å². The molecule has 1 aliphatic heterocycles. The first kappa shape index (κ1) is 10.4. The Hall–Kier alpha value is -1.07. The van der Waals surface area contributed by atoms with Gasteiger partial charge in [-0.15, -0.1) is 11.3 Å². The SMILES string of the molecule is Cc1ccsc1C1CN(CCN)C(=O)N1. The predicted molar refractivity (Wildman–Crippen MR) is 61.0 cm³/mol. The van der Waals surface area contributed by atoms with Gasteiger partial charge in [0.25, 0.3) is 0 Å². The second kappa shape index (κ2) is 4.20. The maximum absolute atomic E-state index is 11.5. The van der Waals surface area contributed by atoms with E-state index in [0.717, 1.165) is 6.54 Å². The monoisotopic (exact) mass is 225 g/mol. The van der Waals surface area contributed by atoms with E-state index >= 15 is 0 Å². The van der Waals surface area contributed by atoms with Crippen molar-refractivity contribution in [1.29, 1.82) is 0 Å². The molecule has 3 N–H and O–H groups in total. The number of urea groups is 1. The van der Waals surface area contributed by atoms with Crippen molar-refractivity contribution in [3.8, 4) is 0 Å². The highest BCUT2D eigenvalue weighted by atomic mass is 32.1. The van der Waals surface area contributed by atoms with Gasteiger partial charge in [-0.1, -0.05) is 0 Å². The summed E-state index contributed by atoms with van der Waals surface area (Å²) >= 11 is 1.70. The molecule has 0 saturated carbocycles. The molecule has 1 unspecified atom stereocenters. The maximum Gasteiger partial charge on any atom is 0.318 e. The van der Waals surface area contributed by atoms with Crippen molar-refractivity contribution in [3.05, 3.63) is 21.9 Å².